The molecule has 4 aromatic rings. The summed E-state index contributed by atoms with van der Waals surface area (Å²) in [5.74, 6) is 0.821. The van der Waals surface area contributed by atoms with Crippen molar-refractivity contribution in [1.29, 1.82) is 0 Å². The number of aliphatic hydroxyl groups excluding tert-OH is 3. The highest BCUT2D eigenvalue weighted by Crippen LogP contribution is 2.18. The smallest absolute Gasteiger partial charge is 0.229 e. The Morgan fingerprint density at radius 1 is 1.09 bits per heavy atom. The van der Waals surface area contributed by atoms with E-state index in [1.54, 1.807) is 16.9 Å². The molecule has 1 aromatic carbocycles. The van der Waals surface area contributed by atoms with Crippen LogP contribution in [0.3, 0.4) is 0 Å². The van der Waals surface area contributed by atoms with E-state index in [4.69, 9.17) is 21.1 Å². The number of fused-ring (bicyclic) bond motifs is 1. The molecule has 3 aromatic heterocycles. The van der Waals surface area contributed by atoms with Gasteiger partial charge in [-0.05, 0) is 30.5 Å². The maximum absolute atomic E-state index is 8.45. The van der Waals surface area contributed by atoms with Gasteiger partial charge in [0.1, 0.15) is 0 Å². The molecule has 0 bridgehead atoms. The lowest BCUT2D eigenvalue weighted by Crippen LogP contribution is -2.12. The lowest BCUT2D eigenvalue weighted by Gasteiger charge is -2.09. The van der Waals surface area contributed by atoms with Gasteiger partial charge in [-0.3, -0.25) is 4.98 Å². The van der Waals surface area contributed by atoms with Crippen molar-refractivity contribution in [3.8, 4) is 11.3 Å². The zero-order valence-corrected chi connectivity index (χ0v) is 18.5. The highest BCUT2D eigenvalue weighted by molar-refractivity contribution is 5.59. The van der Waals surface area contributed by atoms with Crippen LogP contribution in [0.5, 0.6) is 0 Å². The molecule has 0 aliphatic carbocycles. The minimum atomic E-state index is -0.745. The van der Waals surface area contributed by atoms with Gasteiger partial charge < -0.3 is 26.4 Å². The van der Waals surface area contributed by atoms with E-state index in [2.05, 4.69) is 56.6 Å². The highest BCUT2D eigenvalue weighted by atomic mass is 16.3. The quantitative estimate of drug-likeness (QED) is 0.269. The van der Waals surface area contributed by atoms with Crippen molar-refractivity contribution in [1.82, 2.24) is 24.6 Å². The van der Waals surface area contributed by atoms with Crippen molar-refractivity contribution < 1.29 is 15.3 Å². The molecule has 0 fully saturated rings. The number of aryl methyl sites for hydroxylation is 1. The van der Waals surface area contributed by atoms with Crippen LogP contribution in [0.15, 0.2) is 54.9 Å². The molecule has 10 heteroatoms. The first kappa shape index (κ1) is 24.1. The van der Waals surface area contributed by atoms with Crippen LogP contribution in [0.25, 0.3) is 16.9 Å². The van der Waals surface area contributed by atoms with E-state index in [0.717, 1.165) is 34.5 Å². The van der Waals surface area contributed by atoms with Crippen molar-refractivity contribution in [2.45, 2.75) is 32.4 Å². The molecule has 174 valence electrons. The first-order valence-corrected chi connectivity index (χ1v) is 10.7. The van der Waals surface area contributed by atoms with Crippen LogP contribution in [0.4, 0.5) is 11.9 Å². The van der Waals surface area contributed by atoms with Crippen LogP contribution in [0.1, 0.15) is 24.5 Å². The first-order chi connectivity index (χ1) is 16.0. The van der Waals surface area contributed by atoms with E-state index >= 15 is 0 Å². The maximum Gasteiger partial charge on any atom is 0.229 e. The summed E-state index contributed by atoms with van der Waals surface area (Å²) >= 11 is 0. The van der Waals surface area contributed by atoms with Crippen molar-refractivity contribution in [3.05, 3.63) is 66.0 Å². The van der Waals surface area contributed by atoms with E-state index in [0.29, 0.717) is 12.5 Å². The average Bonchev–Trinajstić information content (AvgIpc) is 3.27. The molecular weight excluding hydrogens is 422 g/mol. The monoisotopic (exact) mass is 451 g/mol. The zero-order valence-electron chi connectivity index (χ0n) is 18.5. The van der Waals surface area contributed by atoms with Crippen LogP contribution in [0.2, 0.25) is 0 Å². The summed E-state index contributed by atoms with van der Waals surface area (Å²) < 4.78 is 1.69. The maximum atomic E-state index is 8.45. The molecule has 0 saturated heterocycles. The molecule has 10 nitrogen and oxygen atoms in total. The topological polar surface area (TPSA) is 155 Å². The summed E-state index contributed by atoms with van der Waals surface area (Å²) in [6.07, 6.45) is 3.95. The number of nitrogens with two attached hydrogens (primary N) is 1. The third kappa shape index (κ3) is 6.45. The van der Waals surface area contributed by atoms with E-state index in [-0.39, 0.29) is 25.6 Å². The van der Waals surface area contributed by atoms with Gasteiger partial charge in [0.2, 0.25) is 11.9 Å². The third-order valence-corrected chi connectivity index (χ3v) is 4.88. The number of aromatic nitrogens is 5. The van der Waals surface area contributed by atoms with Gasteiger partial charge in [0.05, 0.1) is 24.6 Å². The van der Waals surface area contributed by atoms with Crippen molar-refractivity contribution in [3.63, 3.8) is 0 Å². The van der Waals surface area contributed by atoms with Gasteiger partial charge in [-0.15, -0.1) is 0 Å². The normalized spacial score (nSPS) is 11.6. The molecule has 0 radical (unpaired) electrons. The van der Waals surface area contributed by atoms with Gasteiger partial charge in [0.15, 0.2) is 5.65 Å². The minimum absolute atomic E-state index is 0.0677. The summed E-state index contributed by atoms with van der Waals surface area (Å²) in [7, 11) is 0. The second-order valence-electron chi connectivity index (χ2n) is 7.28. The Morgan fingerprint density at radius 3 is 2.48 bits per heavy atom. The van der Waals surface area contributed by atoms with Crippen molar-refractivity contribution >= 4 is 17.5 Å². The molecule has 4 rings (SSSR count). The molecular formula is C23H29N7O3. The van der Waals surface area contributed by atoms with Gasteiger partial charge in [0.25, 0.3) is 0 Å². The van der Waals surface area contributed by atoms with Gasteiger partial charge in [-0.1, -0.05) is 37.3 Å². The Balaban J connectivity index is 0.000000383. The van der Waals surface area contributed by atoms with E-state index in [1.807, 2.05) is 18.2 Å². The molecule has 0 spiro atoms. The highest BCUT2D eigenvalue weighted by Gasteiger charge is 2.10. The Labute approximate surface area is 191 Å². The largest absolute Gasteiger partial charge is 0.396 e. The predicted molar refractivity (Wildman–Crippen MR) is 126 cm³/mol. The van der Waals surface area contributed by atoms with Gasteiger partial charge in [0, 0.05) is 30.5 Å². The lowest BCUT2D eigenvalue weighted by molar-refractivity contribution is 0.0721. The summed E-state index contributed by atoms with van der Waals surface area (Å²) in [6, 6.07) is 14.2. The van der Waals surface area contributed by atoms with Crippen LogP contribution >= 0.6 is 0 Å². The van der Waals surface area contributed by atoms with Crippen LogP contribution in [-0.4, -0.2) is 59.2 Å². The number of aliphatic hydroxyl groups is 3. The molecule has 0 aliphatic heterocycles. The minimum Gasteiger partial charge on any atom is -0.396 e. The van der Waals surface area contributed by atoms with E-state index < -0.39 is 6.10 Å². The number of hydrogen-bond donors (Lipinski definition) is 5. The molecule has 1 atom stereocenters. The average molecular weight is 452 g/mol. The van der Waals surface area contributed by atoms with E-state index in [9.17, 15) is 0 Å². The standard InChI is InChI=1S/C19H19N7.C4H10O3/c1-2-14-12-23-26-17(14)24-18(20)25-19(26)22-11-13-6-8-15(9-7-13)16-5-3-4-10-21-16;5-2-1-4(7)3-6/h3-10,12H,2,11H2,1H3,(H3,20,22,24,25);4-7H,1-3H2. The number of hydrogen-bond acceptors (Lipinski definition) is 9. The fourth-order valence-corrected chi connectivity index (χ4v) is 3.05. The van der Waals surface area contributed by atoms with Gasteiger partial charge in [-0.2, -0.15) is 19.6 Å². The second-order valence-corrected chi connectivity index (χ2v) is 7.28. The molecule has 0 saturated carbocycles. The van der Waals surface area contributed by atoms with Gasteiger partial charge >= 0.3 is 0 Å². The lowest BCUT2D eigenvalue weighted by atomic mass is 10.1. The number of nitrogens with zero attached hydrogens (tertiary/aromatic N) is 5. The number of benzene rings is 1. The number of rotatable bonds is 8. The van der Waals surface area contributed by atoms with E-state index in [1.165, 1.54) is 0 Å². The first-order valence-electron chi connectivity index (χ1n) is 10.7. The van der Waals surface area contributed by atoms with Crippen molar-refractivity contribution in [2.24, 2.45) is 0 Å². The Kier molecular flexibility index (Phi) is 8.64. The SMILES string of the molecule is CCc1cnn2c(NCc3ccc(-c4ccccn4)cc3)nc(N)nc12.OCCC(O)CO. The predicted octanol–water partition coefficient (Wildman–Crippen LogP) is 1.66. The molecule has 3 heterocycles. The summed E-state index contributed by atoms with van der Waals surface area (Å²) in [4.78, 5) is 12.9. The Morgan fingerprint density at radius 2 is 1.88 bits per heavy atom. The molecule has 6 N–H and O–H groups in total. The number of nitrogens with one attached hydrogen (secondary N) is 1. The molecule has 0 amide bonds. The number of nitrogen functional groups attached to an aromatic ring is 1. The molecule has 33 heavy (non-hydrogen) atoms. The zero-order chi connectivity index (χ0) is 23.6. The Hall–Kier alpha value is -3.60. The van der Waals surface area contributed by atoms with Gasteiger partial charge in [-0.25, -0.2) is 0 Å². The fraction of sp³-hybridized carbons (Fsp3) is 0.304. The van der Waals surface area contributed by atoms with Crippen LogP contribution in [-0.2, 0) is 13.0 Å². The molecule has 1 unspecified atom stereocenters. The van der Waals surface area contributed by atoms with Crippen LogP contribution < -0.4 is 11.1 Å². The summed E-state index contributed by atoms with van der Waals surface area (Å²) in [6.45, 7) is 2.34. The Bertz CT molecular complexity index is 1130. The number of anilines is 2. The second kappa shape index (κ2) is 11.9. The molecule has 0 aliphatic rings. The summed E-state index contributed by atoms with van der Waals surface area (Å²) in [5, 5.41) is 32.3. The third-order valence-electron chi connectivity index (χ3n) is 4.88. The summed E-state index contributed by atoms with van der Waals surface area (Å²) in [5.41, 5.74) is 10.8. The van der Waals surface area contributed by atoms with Crippen molar-refractivity contribution in [2.75, 3.05) is 24.3 Å². The fourth-order valence-electron chi connectivity index (χ4n) is 3.05. The number of pyridine rings is 1. The van der Waals surface area contributed by atoms with Crippen LogP contribution in [0, 0.1) is 0 Å².